The first-order valence-corrected chi connectivity index (χ1v) is 12.5. The summed E-state index contributed by atoms with van der Waals surface area (Å²) in [5.41, 5.74) is 2.34. The minimum absolute atomic E-state index is 0.106. The number of anilines is 2. The molecule has 2 amide bonds. The summed E-state index contributed by atoms with van der Waals surface area (Å²) < 4.78 is 29.9. The van der Waals surface area contributed by atoms with Gasteiger partial charge in [-0.1, -0.05) is 49.4 Å². The monoisotopic (exact) mass is 532 g/mol. The molecule has 0 aliphatic heterocycles. The number of alkyl halides is 2. The van der Waals surface area contributed by atoms with E-state index in [2.05, 4.69) is 10.6 Å². The second kappa shape index (κ2) is 11.2. The van der Waals surface area contributed by atoms with Gasteiger partial charge in [0.2, 0.25) is 11.8 Å². The molecule has 1 aromatic heterocycles. The number of aliphatic hydroxyl groups is 1. The van der Waals surface area contributed by atoms with E-state index >= 15 is 0 Å². The lowest BCUT2D eigenvalue weighted by atomic mass is 10.0. The number of hydrogen-bond acceptors (Lipinski definition) is 4. The molecule has 0 aliphatic carbocycles. The smallest absolute Gasteiger partial charge is 0.273 e. The molecule has 7 nitrogen and oxygen atoms in total. The Balaban J connectivity index is 1.55. The van der Waals surface area contributed by atoms with Crippen LogP contribution in [-0.4, -0.2) is 27.2 Å². The highest BCUT2D eigenvalue weighted by Gasteiger charge is 2.31. The number of carbonyl (C=O) groups is 2. The Kier molecular flexibility index (Phi) is 7.92. The van der Waals surface area contributed by atoms with Gasteiger partial charge in [0.1, 0.15) is 0 Å². The Labute approximate surface area is 225 Å². The number of halogens is 2. The van der Waals surface area contributed by atoms with Crippen molar-refractivity contribution in [1.29, 1.82) is 5.41 Å². The number of rotatable bonds is 9. The van der Waals surface area contributed by atoms with Crippen LogP contribution in [0.25, 0.3) is 10.9 Å². The van der Waals surface area contributed by atoms with Crippen LogP contribution in [0.3, 0.4) is 0 Å². The fraction of sp³-hybridized carbons (Fsp3) is 0.233. The molecule has 4 rings (SSSR count). The zero-order valence-corrected chi connectivity index (χ0v) is 21.8. The van der Waals surface area contributed by atoms with Gasteiger partial charge in [0.05, 0.1) is 5.52 Å². The lowest BCUT2D eigenvalue weighted by Crippen LogP contribution is -2.38. The quantitative estimate of drug-likeness (QED) is 0.152. The summed E-state index contributed by atoms with van der Waals surface area (Å²) in [6.07, 6.45) is 0.402. The molecule has 0 fully saturated rings. The molecule has 202 valence electrons. The molecule has 4 N–H and O–H groups in total. The van der Waals surface area contributed by atoms with Crippen LogP contribution in [0.2, 0.25) is 0 Å². The highest BCUT2D eigenvalue weighted by molar-refractivity contribution is 6.24. The molecule has 2 unspecified atom stereocenters. The molecule has 0 aliphatic rings. The summed E-state index contributed by atoms with van der Waals surface area (Å²) in [5.74, 6) is -6.10. The number of benzene rings is 3. The fourth-order valence-electron chi connectivity index (χ4n) is 4.44. The van der Waals surface area contributed by atoms with Crippen molar-refractivity contribution >= 4 is 39.8 Å². The molecule has 0 saturated heterocycles. The van der Waals surface area contributed by atoms with Crippen molar-refractivity contribution in [2.24, 2.45) is 5.92 Å². The predicted molar refractivity (Wildman–Crippen MR) is 148 cm³/mol. The van der Waals surface area contributed by atoms with E-state index in [1.807, 2.05) is 37.3 Å². The average molecular weight is 533 g/mol. The van der Waals surface area contributed by atoms with Crippen molar-refractivity contribution in [3.8, 4) is 0 Å². The molecular weight excluding hydrogens is 502 g/mol. The van der Waals surface area contributed by atoms with Crippen LogP contribution in [0.5, 0.6) is 0 Å². The molecule has 0 bridgehead atoms. The molecule has 9 heteroatoms. The number of aryl methyl sites for hydroxylation is 1. The van der Waals surface area contributed by atoms with Crippen molar-refractivity contribution in [2.75, 3.05) is 10.6 Å². The standard InChI is InChI=1S/C30H30F2N4O3/c1-4-30(31,32)21-9-7-10-22(16-21)34-27(37)26(19(3)33)28(38)35-23-13-12-20-14-15-36(25(20)17-23)29(39)24-11-6-5-8-18(24)2/h5-17,26,29,33,39H,4H2,1-3H3,(H,34,37)(H,35,38). The summed E-state index contributed by atoms with van der Waals surface area (Å²) in [4.78, 5) is 26.1. The Morgan fingerprint density at radius 3 is 2.28 bits per heavy atom. The van der Waals surface area contributed by atoms with E-state index in [0.717, 1.165) is 22.6 Å². The van der Waals surface area contributed by atoms with Crippen molar-refractivity contribution in [3.05, 3.63) is 95.7 Å². The van der Waals surface area contributed by atoms with E-state index in [1.165, 1.54) is 32.0 Å². The van der Waals surface area contributed by atoms with E-state index in [-0.39, 0.29) is 17.0 Å². The fourth-order valence-corrected chi connectivity index (χ4v) is 4.44. The number of hydrogen-bond donors (Lipinski definition) is 4. The van der Waals surface area contributed by atoms with Gasteiger partial charge in [-0.2, -0.15) is 0 Å². The summed E-state index contributed by atoms with van der Waals surface area (Å²) in [6, 6.07) is 19.7. The summed E-state index contributed by atoms with van der Waals surface area (Å²) in [6.45, 7) is 4.60. The first-order chi connectivity index (χ1) is 18.5. The van der Waals surface area contributed by atoms with Crippen LogP contribution in [0.15, 0.2) is 79.0 Å². The molecule has 1 heterocycles. The third kappa shape index (κ3) is 5.88. The maximum atomic E-state index is 14.1. The maximum Gasteiger partial charge on any atom is 0.273 e. The van der Waals surface area contributed by atoms with Crippen molar-refractivity contribution in [1.82, 2.24) is 4.57 Å². The Hall–Kier alpha value is -4.37. The van der Waals surface area contributed by atoms with Gasteiger partial charge in [0.25, 0.3) is 5.92 Å². The van der Waals surface area contributed by atoms with E-state index < -0.39 is 36.3 Å². The number of nitrogens with zero attached hydrogens (tertiary/aromatic N) is 1. The van der Waals surface area contributed by atoms with Gasteiger partial charge in [0, 0.05) is 40.8 Å². The second-order valence-corrected chi connectivity index (χ2v) is 9.46. The minimum Gasteiger partial charge on any atom is -0.369 e. The normalized spacial score (nSPS) is 13.1. The molecule has 2 atom stereocenters. The lowest BCUT2D eigenvalue weighted by molar-refractivity contribution is -0.126. The summed E-state index contributed by atoms with van der Waals surface area (Å²) in [7, 11) is 0. The van der Waals surface area contributed by atoms with Crippen LogP contribution in [0.1, 0.15) is 43.2 Å². The number of nitrogens with one attached hydrogen (secondary N) is 3. The zero-order chi connectivity index (χ0) is 28.3. The first kappa shape index (κ1) is 27.7. The Morgan fingerprint density at radius 2 is 1.64 bits per heavy atom. The number of aliphatic hydroxyl groups excluding tert-OH is 1. The predicted octanol–water partition coefficient (Wildman–Crippen LogP) is 6.22. The Bertz CT molecular complexity index is 1550. The summed E-state index contributed by atoms with van der Waals surface area (Å²) >= 11 is 0. The van der Waals surface area contributed by atoms with Gasteiger partial charge in [-0.25, -0.2) is 8.78 Å². The van der Waals surface area contributed by atoms with Crippen molar-refractivity contribution in [3.63, 3.8) is 0 Å². The largest absolute Gasteiger partial charge is 0.369 e. The van der Waals surface area contributed by atoms with Crippen LogP contribution in [0, 0.1) is 18.3 Å². The van der Waals surface area contributed by atoms with Crippen LogP contribution in [0.4, 0.5) is 20.2 Å². The van der Waals surface area contributed by atoms with Crippen molar-refractivity contribution < 1.29 is 23.5 Å². The van der Waals surface area contributed by atoms with Crippen LogP contribution >= 0.6 is 0 Å². The van der Waals surface area contributed by atoms with Gasteiger partial charge in [-0.15, -0.1) is 0 Å². The Morgan fingerprint density at radius 1 is 0.974 bits per heavy atom. The average Bonchev–Trinajstić information content (AvgIpc) is 3.32. The molecule has 4 aromatic rings. The minimum atomic E-state index is -3.06. The van der Waals surface area contributed by atoms with E-state index in [9.17, 15) is 23.5 Å². The van der Waals surface area contributed by atoms with E-state index in [1.54, 1.807) is 29.0 Å². The molecule has 0 spiro atoms. The number of fused-ring (bicyclic) bond motifs is 1. The highest BCUT2D eigenvalue weighted by Crippen LogP contribution is 2.33. The maximum absolute atomic E-state index is 14.1. The molecular formula is C30H30F2N4O3. The number of carbonyl (C=O) groups excluding carboxylic acids is 2. The molecule has 39 heavy (non-hydrogen) atoms. The molecule has 3 aromatic carbocycles. The summed E-state index contributed by atoms with van der Waals surface area (Å²) in [5, 5.41) is 25.1. The van der Waals surface area contributed by atoms with E-state index in [4.69, 9.17) is 5.41 Å². The first-order valence-electron chi connectivity index (χ1n) is 12.5. The number of aromatic nitrogens is 1. The van der Waals surface area contributed by atoms with Crippen molar-refractivity contribution in [2.45, 2.75) is 39.3 Å². The third-order valence-electron chi connectivity index (χ3n) is 6.67. The highest BCUT2D eigenvalue weighted by atomic mass is 19.3. The lowest BCUT2D eigenvalue weighted by Gasteiger charge is -2.19. The number of amides is 2. The van der Waals surface area contributed by atoms with Crippen LogP contribution < -0.4 is 10.6 Å². The topological polar surface area (TPSA) is 107 Å². The van der Waals surface area contributed by atoms with E-state index in [0.29, 0.717) is 11.2 Å². The van der Waals surface area contributed by atoms with Crippen LogP contribution in [-0.2, 0) is 15.5 Å². The zero-order valence-electron chi connectivity index (χ0n) is 21.8. The van der Waals surface area contributed by atoms with Gasteiger partial charge in [-0.05, 0) is 55.1 Å². The second-order valence-electron chi connectivity index (χ2n) is 9.46. The van der Waals surface area contributed by atoms with Gasteiger partial charge < -0.3 is 25.7 Å². The van der Waals surface area contributed by atoms with Gasteiger partial charge in [0.15, 0.2) is 12.1 Å². The third-order valence-corrected chi connectivity index (χ3v) is 6.67. The molecule has 0 radical (unpaired) electrons. The SMILES string of the molecule is CCC(F)(F)c1cccc(NC(=O)C(C(C)=N)C(=O)Nc2ccc3ccn(C(O)c4ccccc4C)c3c2)c1. The van der Waals surface area contributed by atoms with Gasteiger partial charge >= 0.3 is 0 Å². The van der Waals surface area contributed by atoms with Gasteiger partial charge in [-0.3, -0.25) is 9.59 Å². The molecule has 0 saturated carbocycles.